The molecule has 1 saturated carbocycles. The molecule has 2 aliphatic rings. The van der Waals surface area contributed by atoms with E-state index in [2.05, 4.69) is 10.0 Å². The van der Waals surface area contributed by atoms with Crippen LogP contribution in [0.5, 0.6) is 5.75 Å². The first-order chi connectivity index (χ1) is 15.7. The van der Waals surface area contributed by atoms with Gasteiger partial charge in [0, 0.05) is 12.5 Å². The molecule has 0 radical (unpaired) electrons. The van der Waals surface area contributed by atoms with Crippen LogP contribution in [0.25, 0.3) is 0 Å². The molecule has 0 amide bonds. The van der Waals surface area contributed by atoms with Gasteiger partial charge in [-0.25, -0.2) is 17.6 Å². The Labute approximate surface area is 192 Å². The number of halogens is 1. The molecule has 2 atom stereocenters. The monoisotopic (exact) mass is 477 g/mol. The summed E-state index contributed by atoms with van der Waals surface area (Å²) in [5, 5.41) is 12.8. The van der Waals surface area contributed by atoms with Crippen LogP contribution in [0, 0.1) is 11.7 Å². The van der Waals surface area contributed by atoms with Gasteiger partial charge >= 0.3 is 5.97 Å². The van der Waals surface area contributed by atoms with Crippen molar-refractivity contribution in [1.29, 1.82) is 0 Å². The second-order valence-electron chi connectivity index (χ2n) is 8.81. The van der Waals surface area contributed by atoms with E-state index in [1.54, 1.807) is 6.07 Å². The SMILES string of the molecule is CN(C)CCCCNc1cc(F)ccc1S(=O)(=O)Nc1ccc2c(c1C(=O)O)OC[C@H]1C[C@@H]21. The normalized spacial score (nSPS) is 18.8. The number of carboxylic acid groups (broad SMARTS) is 1. The maximum atomic E-state index is 13.9. The minimum Gasteiger partial charge on any atom is -0.492 e. The third-order valence-electron chi connectivity index (χ3n) is 5.99. The minimum absolute atomic E-state index is 0.0818. The third kappa shape index (κ3) is 5.06. The predicted octanol–water partition coefficient (Wildman–Crippen LogP) is 3.57. The van der Waals surface area contributed by atoms with Crippen molar-refractivity contribution < 1.29 is 27.4 Å². The van der Waals surface area contributed by atoms with Crippen molar-refractivity contribution in [2.24, 2.45) is 5.92 Å². The number of nitrogens with zero attached hydrogens (tertiary/aromatic N) is 1. The van der Waals surface area contributed by atoms with Crippen molar-refractivity contribution in [3.8, 4) is 5.75 Å². The molecule has 4 rings (SSSR count). The number of unbranched alkanes of at least 4 members (excludes halogenated alkanes) is 1. The maximum absolute atomic E-state index is 13.9. The van der Waals surface area contributed by atoms with Crippen LogP contribution in [0.15, 0.2) is 35.2 Å². The number of hydrogen-bond donors (Lipinski definition) is 3. The number of carboxylic acids is 1. The standard InChI is InChI=1S/C23H28FN3O5S/c1-27(2)10-4-3-9-25-19-12-15(24)5-8-20(19)33(30,31)26-18-7-6-16-17-11-14(17)13-32-22(16)21(18)23(28)29/h5-8,12,14,17,25-26H,3-4,9-11,13H2,1-2H3,(H,28,29)/t14-,17-/m1/s1. The Kier molecular flexibility index (Phi) is 6.49. The molecule has 33 heavy (non-hydrogen) atoms. The highest BCUT2D eigenvalue weighted by Gasteiger charge is 2.45. The van der Waals surface area contributed by atoms with E-state index in [1.807, 2.05) is 19.0 Å². The fourth-order valence-electron chi connectivity index (χ4n) is 4.20. The van der Waals surface area contributed by atoms with Gasteiger partial charge in [-0.15, -0.1) is 0 Å². The average molecular weight is 478 g/mol. The van der Waals surface area contributed by atoms with Crippen LogP contribution in [-0.2, 0) is 10.0 Å². The van der Waals surface area contributed by atoms with Crippen LogP contribution in [0.2, 0.25) is 0 Å². The molecule has 0 bridgehead atoms. The van der Waals surface area contributed by atoms with Crippen LogP contribution < -0.4 is 14.8 Å². The number of hydrogen-bond acceptors (Lipinski definition) is 6. The number of carbonyl (C=O) groups is 1. The van der Waals surface area contributed by atoms with E-state index in [0.29, 0.717) is 19.1 Å². The van der Waals surface area contributed by atoms with Gasteiger partial charge in [0.2, 0.25) is 0 Å². The number of fused-ring (bicyclic) bond motifs is 3. The lowest BCUT2D eigenvalue weighted by molar-refractivity contribution is 0.0692. The highest BCUT2D eigenvalue weighted by Crippen LogP contribution is 2.55. The minimum atomic E-state index is -4.21. The van der Waals surface area contributed by atoms with Crippen LogP contribution >= 0.6 is 0 Å². The van der Waals surface area contributed by atoms with E-state index in [4.69, 9.17) is 4.74 Å². The van der Waals surface area contributed by atoms with Crippen LogP contribution in [0.4, 0.5) is 15.8 Å². The van der Waals surface area contributed by atoms with Crippen molar-refractivity contribution in [2.45, 2.75) is 30.1 Å². The van der Waals surface area contributed by atoms with Crippen molar-refractivity contribution in [1.82, 2.24) is 4.90 Å². The zero-order chi connectivity index (χ0) is 23.8. The summed E-state index contributed by atoms with van der Waals surface area (Å²) in [6, 6.07) is 6.54. The fourth-order valence-corrected chi connectivity index (χ4v) is 5.43. The molecule has 0 unspecified atom stereocenters. The first-order valence-corrected chi connectivity index (χ1v) is 12.4. The molecule has 10 heteroatoms. The number of rotatable bonds is 10. The molecule has 1 fully saturated rings. The molecule has 3 N–H and O–H groups in total. The molecule has 8 nitrogen and oxygen atoms in total. The third-order valence-corrected chi connectivity index (χ3v) is 7.41. The van der Waals surface area contributed by atoms with Gasteiger partial charge in [0.25, 0.3) is 10.0 Å². The Morgan fingerprint density at radius 3 is 2.73 bits per heavy atom. The van der Waals surface area contributed by atoms with Gasteiger partial charge in [-0.3, -0.25) is 4.72 Å². The molecule has 0 saturated heterocycles. The van der Waals surface area contributed by atoms with Gasteiger partial charge in [-0.05, 0) is 75.6 Å². The molecule has 2 aromatic carbocycles. The molecular weight excluding hydrogens is 449 g/mol. The number of anilines is 2. The number of benzene rings is 2. The number of ether oxygens (including phenoxy) is 1. The molecule has 0 aromatic heterocycles. The summed E-state index contributed by atoms with van der Waals surface area (Å²) in [6.07, 6.45) is 2.61. The topological polar surface area (TPSA) is 108 Å². The van der Waals surface area contributed by atoms with Gasteiger partial charge in [-0.1, -0.05) is 6.07 Å². The summed E-state index contributed by atoms with van der Waals surface area (Å²) >= 11 is 0. The highest BCUT2D eigenvalue weighted by molar-refractivity contribution is 7.92. The lowest BCUT2D eigenvalue weighted by atomic mass is 10.0. The van der Waals surface area contributed by atoms with E-state index in [9.17, 15) is 22.7 Å². The van der Waals surface area contributed by atoms with Crippen molar-refractivity contribution in [3.05, 3.63) is 47.3 Å². The summed E-state index contributed by atoms with van der Waals surface area (Å²) in [4.78, 5) is 13.9. The molecule has 0 spiro atoms. The number of nitrogens with one attached hydrogen (secondary N) is 2. The van der Waals surface area contributed by atoms with Gasteiger partial charge in [0.15, 0.2) is 0 Å². The maximum Gasteiger partial charge on any atom is 0.341 e. The number of sulfonamides is 1. The molecule has 1 heterocycles. The van der Waals surface area contributed by atoms with Crippen molar-refractivity contribution in [3.63, 3.8) is 0 Å². The van der Waals surface area contributed by atoms with E-state index in [1.165, 1.54) is 12.1 Å². The van der Waals surface area contributed by atoms with Crippen LogP contribution in [-0.4, -0.2) is 58.2 Å². The van der Waals surface area contributed by atoms with Crippen molar-refractivity contribution in [2.75, 3.05) is 43.8 Å². The summed E-state index contributed by atoms with van der Waals surface area (Å²) < 4.78 is 48.4. The van der Waals surface area contributed by atoms with Gasteiger partial charge in [-0.2, -0.15) is 0 Å². The Morgan fingerprint density at radius 1 is 1.21 bits per heavy atom. The zero-order valence-corrected chi connectivity index (χ0v) is 19.4. The van der Waals surface area contributed by atoms with E-state index < -0.39 is 21.8 Å². The molecule has 1 aliphatic carbocycles. The molecular formula is C23H28FN3O5S. The second kappa shape index (κ2) is 9.18. The average Bonchev–Trinajstić information content (AvgIpc) is 3.52. The lowest BCUT2D eigenvalue weighted by Crippen LogP contribution is -2.20. The van der Waals surface area contributed by atoms with Crippen LogP contribution in [0.1, 0.15) is 41.1 Å². The fraction of sp³-hybridized carbons (Fsp3) is 0.435. The lowest BCUT2D eigenvalue weighted by Gasteiger charge is -2.21. The van der Waals surface area contributed by atoms with Gasteiger partial charge in [0.1, 0.15) is 22.0 Å². The van der Waals surface area contributed by atoms with Gasteiger partial charge < -0.3 is 20.1 Å². The highest BCUT2D eigenvalue weighted by atomic mass is 32.2. The number of aromatic carboxylic acids is 1. The molecule has 1 aliphatic heterocycles. The molecule has 2 aromatic rings. The second-order valence-corrected chi connectivity index (χ2v) is 10.5. The van der Waals surface area contributed by atoms with Crippen molar-refractivity contribution >= 4 is 27.4 Å². The Balaban J connectivity index is 1.59. The first-order valence-electron chi connectivity index (χ1n) is 10.9. The summed E-state index contributed by atoms with van der Waals surface area (Å²) in [5.74, 6) is -0.968. The van der Waals surface area contributed by atoms with Gasteiger partial charge in [0.05, 0.1) is 18.0 Å². The Bertz CT molecular complexity index is 1170. The summed E-state index contributed by atoms with van der Waals surface area (Å²) in [6.45, 7) is 1.78. The Morgan fingerprint density at radius 2 is 2.00 bits per heavy atom. The summed E-state index contributed by atoms with van der Waals surface area (Å²) in [5.41, 5.74) is 0.635. The smallest absolute Gasteiger partial charge is 0.341 e. The Hall–Kier alpha value is -2.85. The quantitative estimate of drug-likeness (QED) is 0.449. The van der Waals surface area contributed by atoms with E-state index >= 15 is 0 Å². The molecule has 178 valence electrons. The zero-order valence-electron chi connectivity index (χ0n) is 18.6. The first kappa shape index (κ1) is 23.3. The largest absolute Gasteiger partial charge is 0.492 e. The van der Waals surface area contributed by atoms with E-state index in [-0.39, 0.29) is 33.5 Å². The summed E-state index contributed by atoms with van der Waals surface area (Å²) in [7, 11) is -0.271. The predicted molar refractivity (Wildman–Crippen MR) is 123 cm³/mol. The van der Waals surface area contributed by atoms with E-state index in [0.717, 1.165) is 43.5 Å². The van der Waals surface area contributed by atoms with Crippen LogP contribution in [0.3, 0.4) is 0 Å².